The monoisotopic (exact) mass is 221 g/mol. The summed E-state index contributed by atoms with van der Waals surface area (Å²) < 4.78 is 0. The van der Waals surface area contributed by atoms with E-state index in [9.17, 15) is 4.79 Å². The summed E-state index contributed by atoms with van der Waals surface area (Å²) in [4.78, 5) is 24.1. The molecule has 0 spiro atoms. The van der Waals surface area contributed by atoms with Gasteiger partial charge in [-0.2, -0.15) is 0 Å². The van der Waals surface area contributed by atoms with E-state index in [-0.39, 0.29) is 5.69 Å². The second kappa shape index (κ2) is 5.55. The van der Waals surface area contributed by atoms with Gasteiger partial charge in [0, 0.05) is 12.2 Å². The van der Waals surface area contributed by atoms with Crippen LogP contribution in [0.15, 0.2) is 18.6 Å². The summed E-state index contributed by atoms with van der Waals surface area (Å²) in [6.45, 7) is 0. The van der Waals surface area contributed by atoms with Gasteiger partial charge in [-0.05, 0) is 18.9 Å². The predicted octanol–water partition coefficient (Wildman–Crippen LogP) is 1.47. The summed E-state index contributed by atoms with van der Waals surface area (Å²) in [6.07, 6.45) is 8.65. The van der Waals surface area contributed by atoms with Crippen molar-refractivity contribution in [1.29, 1.82) is 0 Å². The molecule has 5 heteroatoms. The maximum Gasteiger partial charge on any atom is 0.375 e. The molecular weight excluding hydrogens is 206 g/mol. The van der Waals surface area contributed by atoms with Crippen molar-refractivity contribution in [2.24, 2.45) is 0 Å². The fourth-order valence-electron chi connectivity index (χ4n) is 1.82. The Morgan fingerprint density at radius 2 is 2.19 bits per heavy atom. The number of aromatic nitrogens is 2. The van der Waals surface area contributed by atoms with E-state index in [0.717, 1.165) is 12.8 Å². The molecule has 1 aromatic heterocycles. The number of hydroxylamine groups is 1. The first kappa shape index (κ1) is 11.0. The lowest BCUT2D eigenvalue weighted by Crippen LogP contribution is -2.33. The fourth-order valence-corrected chi connectivity index (χ4v) is 1.82. The second-order valence-corrected chi connectivity index (χ2v) is 3.94. The topological polar surface area (TPSA) is 64.1 Å². The van der Waals surface area contributed by atoms with E-state index >= 15 is 0 Å². The number of carbonyl (C=O) groups excluding carboxylic acids is 1. The summed E-state index contributed by atoms with van der Waals surface area (Å²) in [6, 6.07) is 1.82. The van der Waals surface area contributed by atoms with Crippen LogP contribution in [-0.4, -0.2) is 22.0 Å². The number of nitrogens with one attached hydrogen (secondary N) is 1. The predicted molar refractivity (Wildman–Crippen MR) is 57.5 cm³/mol. The molecule has 2 rings (SSSR count). The van der Waals surface area contributed by atoms with Crippen LogP contribution in [0.5, 0.6) is 0 Å². The zero-order chi connectivity index (χ0) is 11.2. The van der Waals surface area contributed by atoms with Gasteiger partial charge in [0.15, 0.2) is 5.69 Å². The van der Waals surface area contributed by atoms with Gasteiger partial charge in [-0.25, -0.2) is 14.8 Å². The highest BCUT2D eigenvalue weighted by Crippen LogP contribution is 2.17. The lowest BCUT2D eigenvalue weighted by molar-refractivity contribution is 0.0106. The first-order chi connectivity index (χ1) is 7.86. The van der Waals surface area contributed by atoms with E-state index in [1.165, 1.54) is 37.9 Å². The number of carbonyl (C=O) groups is 1. The number of rotatable bonds is 3. The van der Waals surface area contributed by atoms with Crippen molar-refractivity contribution in [3.05, 3.63) is 24.3 Å². The molecule has 0 unspecified atom stereocenters. The SMILES string of the molecule is O=C(ONC1CCCCC1)c1ccncn1. The van der Waals surface area contributed by atoms with E-state index in [2.05, 4.69) is 15.4 Å². The first-order valence-corrected chi connectivity index (χ1v) is 5.59. The van der Waals surface area contributed by atoms with Gasteiger partial charge in [0.25, 0.3) is 0 Å². The van der Waals surface area contributed by atoms with E-state index in [1.807, 2.05) is 0 Å². The van der Waals surface area contributed by atoms with Crippen LogP contribution in [-0.2, 0) is 4.84 Å². The highest BCUT2D eigenvalue weighted by molar-refractivity contribution is 5.86. The first-order valence-electron chi connectivity index (χ1n) is 5.59. The molecule has 1 aromatic rings. The molecule has 0 saturated heterocycles. The average Bonchev–Trinajstić information content (AvgIpc) is 2.38. The molecule has 1 N–H and O–H groups in total. The summed E-state index contributed by atoms with van der Waals surface area (Å²) in [7, 11) is 0. The molecule has 5 nitrogen and oxygen atoms in total. The lowest BCUT2D eigenvalue weighted by atomic mass is 9.96. The highest BCUT2D eigenvalue weighted by Gasteiger charge is 2.16. The Morgan fingerprint density at radius 3 is 2.88 bits per heavy atom. The smallest absolute Gasteiger partial charge is 0.365 e. The Hall–Kier alpha value is -1.49. The van der Waals surface area contributed by atoms with Crippen LogP contribution in [0, 0.1) is 0 Å². The van der Waals surface area contributed by atoms with Crippen molar-refractivity contribution in [3.63, 3.8) is 0 Å². The minimum atomic E-state index is -0.451. The van der Waals surface area contributed by atoms with E-state index in [4.69, 9.17) is 4.84 Å². The quantitative estimate of drug-likeness (QED) is 0.783. The van der Waals surface area contributed by atoms with Crippen LogP contribution in [0.25, 0.3) is 0 Å². The molecule has 1 aliphatic carbocycles. The van der Waals surface area contributed by atoms with Gasteiger partial charge in [-0.1, -0.05) is 19.3 Å². The Bertz CT molecular complexity index is 336. The minimum absolute atomic E-state index is 0.276. The average molecular weight is 221 g/mol. The normalized spacial score (nSPS) is 17.0. The molecule has 0 amide bonds. The number of hydrogen-bond acceptors (Lipinski definition) is 5. The molecule has 0 aliphatic heterocycles. The third-order valence-corrected chi connectivity index (χ3v) is 2.71. The van der Waals surface area contributed by atoms with Gasteiger partial charge in [0.2, 0.25) is 0 Å². The van der Waals surface area contributed by atoms with Crippen molar-refractivity contribution in [2.45, 2.75) is 38.1 Å². The van der Waals surface area contributed by atoms with Crippen LogP contribution in [0.1, 0.15) is 42.6 Å². The van der Waals surface area contributed by atoms with Gasteiger partial charge in [0.1, 0.15) is 6.33 Å². The zero-order valence-corrected chi connectivity index (χ0v) is 9.06. The third-order valence-electron chi connectivity index (χ3n) is 2.71. The molecule has 0 radical (unpaired) electrons. The summed E-state index contributed by atoms with van der Waals surface area (Å²) in [5, 5.41) is 0. The molecule has 0 bridgehead atoms. The van der Waals surface area contributed by atoms with Crippen molar-refractivity contribution in [1.82, 2.24) is 15.4 Å². The molecule has 86 valence electrons. The van der Waals surface area contributed by atoms with Gasteiger partial charge in [-0.3, -0.25) is 0 Å². The van der Waals surface area contributed by atoms with E-state index < -0.39 is 5.97 Å². The van der Waals surface area contributed by atoms with Crippen LogP contribution < -0.4 is 5.48 Å². The second-order valence-electron chi connectivity index (χ2n) is 3.94. The Morgan fingerprint density at radius 1 is 1.38 bits per heavy atom. The van der Waals surface area contributed by atoms with E-state index in [0.29, 0.717) is 6.04 Å². The van der Waals surface area contributed by atoms with Crippen LogP contribution >= 0.6 is 0 Å². The van der Waals surface area contributed by atoms with Crippen molar-refractivity contribution >= 4 is 5.97 Å². The zero-order valence-electron chi connectivity index (χ0n) is 9.06. The fraction of sp³-hybridized carbons (Fsp3) is 0.545. The van der Waals surface area contributed by atoms with Crippen molar-refractivity contribution in [3.8, 4) is 0 Å². The van der Waals surface area contributed by atoms with Gasteiger partial charge >= 0.3 is 5.97 Å². The summed E-state index contributed by atoms with van der Waals surface area (Å²) in [5.74, 6) is -0.451. The lowest BCUT2D eigenvalue weighted by Gasteiger charge is -2.21. The number of nitrogens with zero attached hydrogens (tertiary/aromatic N) is 2. The van der Waals surface area contributed by atoms with Crippen LogP contribution in [0.4, 0.5) is 0 Å². The third kappa shape index (κ3) is 3.00. The summed E-state index contributed by atoms with van der Waals surface area (Å²) in [5.41, 5.74) is 3.09. The van der Waals surface area contributed by atoms with Crippen molar-refractivity contribution in [2.75, 3.05) is 0 Å². The molecule has 1 aliphatic rings. The number of hydrogen-bond donors (Lipinski definition) is 1. The van der Waals surface area contributed by atoms with Gasteiger partial charge in [0.05, 0.1) is 0 Å². The van der Waals surface area contributed by atoms with Crippen molar-refractivity contribution < 1.29 is 9.63 Å². The molecule has 0 aromatic carbocycles. The maximum atomic E-state index is 11.5. The molecule has 1 fully saturated rings. The molecule has 1 saturated carbocycles. The van der Waals surface area contributed by atoms with Gasteiger partial charge < -0.3 is 4.84 Å². The Labute approximate surface area is 94.2 Å². The molecule has 0 atom stereocenters. The Balaban J connectivity index is 1.79. The molecule has 16 heavy (non-hydrogen) atoms. The maximum absolute atomic E-state index is 11.5. The van der Waals surface area contributed by atoms with Gasteiger partial charge in [-0.15, -0.1) is 5.48 Å². The molecule has 1 heterocycles. The summed E-state index contributed by atoms with van der Waals surface area (Å²) >= 11 is 0. The largest absolute Gasteiger partial charge is 0.375 e. The van der Waals surface area contributed by atoms with E-state index in [1.54, 1.807) is 0 Å². The standard InChI is InChI=1S/C11H15N3O2/c15-11(10-6-7-12-8-13-10)16-14-9-4-2-1-3-5-9/h6-9,14H,1-5H2. The van der Waals surface area contributed by atoms with Crippen LogP contribution in [0.3, 0.4) is 0 Å². The molecular formula is C11H15N3O2. The minimum Gasteiger partial charge on any atom is -0.365 e. The highest BCUT2D eigenvalue weighted by atomic mass is 16.7. The Kier molecular flexibility index (Phi) is 3.82. The van der Waals surface area contributed by atoms with Crippen LogP contribution in [0.2, 0.25) is 0 Å².